The van der Waals surface area contributed by atoms with Gasteiger partial charge in [0.05, 0.1) is 17.7 Å². The minimum atomic E-state index is -0.00293. The largest absolute Gasteiger partial charge is 0.496 e. The standard InChI is InChI=1S/C21H22N2O2S/c1-5-23-20(24)19(13-16-8-11-18(25-4)15(3)12-16)26-21(23)22-17-9-6-14(2)7-10-17/h6-13H,5H2,1-4H3/b19-13+,22-21?. The van der Waals surface area contributed by atoms with Crippen LogP contribution in [0.4, 0.5) is 5.69 Å². The Morgan fingerprint density at radius 3 is 2.50 bits per heavy atom. The van der Waals surface area contributed by atoms with Crippen molar-refractivity contribution in [2.45, 2.75) is 20.8 Å². The SMILES string of the molecule is CCN1C(=O)/C(=C\c2ccc(OC)c(C)c2)SC1=Nc1ccc(C)cc1. The van der Waals surface area contributed by atoms with Crippen LogP contribution in [0.25, 0.3) is 6.08 Å². The summed E-state index contributed by atoms with van der Waals surface area (Å²) in [6.45, 7) is 6.59. The van der Waals surface area contributed by atoms with Gasteiger partial charge in [0.25, 0.3) is 5.91 Å². The molecule has 0 atom stereocenters. The van der Waals surface area contributed by atoms with Crippen molar-refractivity contribution >= 4 is 34.6 Å². The minimum Gasteiger partial charge on any atom is -0.496 e. The molecule has 5 heteroatoms. The van der Waals surface area contributed by atoms with Gasteiger partial charge in [-0.15, -0.1) is 0 Å². The molecule has 0 aliphatic carbocycles. The number of hydrogen-bond acceptors (Lipinski definition) is 4. The van der Waals surface area contributed by atoms with Gasteiger partial charge in [0.2, 0.25) is 0 Å². The second-order valence-electron chi connectivity index (χ2n) is 6.12. The van der Waals surface area contributed by atoms with Gasteiger partial charge in [-0.2, -0.15) is 0 Å². The van der Waals surface area contributed by atoms with E-state index < -0.39 is 0 Å². The Balaban J connectivity index is 1.91. The lowest BCUT2D eigenvalue weighted by molar-refractivity contribution is -0.122. The summed E-state index contributed by atoms with van der Waals surface area (Å²) in [5.74, 6) is 0.839. The number of thioether (sulfide) groups is 1. The number of amides is 1. The van der Waals surface area contributed by atoms with Crippen molar-refractivity contribution in [3.63, 3.8) is 0 Å². The van der Waals surface area contributed by atoms with Crippen LogP contribution in [0.1, 0.15) is 23.6 Å². The van der Waals surface area contributed by atoms with E-state index in [0.717, 1.165) is 27.7 Å². The fourth-order valence-corrected chi connectivity index (χ4v) is 3.81. The zero-order chi connectivity index (χ0) is 18.7. The van der Waals surface area contributed by atoms with Crippen molar-refractivity contribution in [2.75, 3.05) is 13.7 Å². The van der Waals surface area contributed by atoms with Crippen molar-refractivity contribution in [3.8, 4) is 5.75 Å². The summed E-state index contributed by atoms with van der Waals surface area (Å²) in [6.07, 6.45) is 1.92. The Labute approximate surface area is 158 Å². The molecular formula is C21H22N2O2S. The van der Waals surface area contributed by atoms with Crippen molar-refractivity contribution in [1.82, 2.24) is 4.90 Å². The van der Waals surface area contributed by atoms with Gasteiger partial charge >= 0.3 is 0 Å². The predicted octanol–water partition coefficient (Wildman–Crippen LogP) is 4.94. The highest BCUT2D eigenvalue weighted by Gasteiger charge is 2.32. The smallest absolute Gasteiger partial charge is 0.266 e. The van der Waals surface area contributed by atoms with Crippen LogP contribution < -0.4 is 4.74 Å². The van der Waals surface area contributed by atoms with Gasteiger partial charge in [0.1, 0.15) is 5.75 Å². The maximum absolute atomic E-state index is 12.7. The number of amidine groups is 1. The van der Waals surface area contributed by atoms with Crippen LogP contribution in [0.3, 0.4) is 0 Å². The van der Waals surface area contributed by atoms with Crippen LogP contribution in [0.15, 0.2) is 52.4 Å². The van der Waals surface area contributed by atoms with E-state index in [2.05, 4.69) is 4.99 Å². The fraction of sp³-hybridized carbons (Fsp3) is 0.238. The molecule has 1 amide bonds. The molecule has 0 radical (unpaired) electrons. The fourth-order valence-electron chi connectivity index (χ4n) is 2.74. The predicted molar refractivity (Wildman–Crippen MR) is 109 cm³/mol. The van der Waals surface area contributed by atoms with Gasteiger partial charge in [-0.1, -0.05) is 23.8 Å². The maximum Gasteiger partial charge on any atom is 0.266 e. The first-order chi connectivity index (χ1) is 12.5. The topological polar surface area (TPSA) is 41.9 Å². The molecule has 26 heavy (non-hydrogen) atoms. The monoisotopic (exact) mass is 366 g/mol. The molecule has 2 aromatic carbocycles. The summed E-state index contributed by atoms with van der Waals surface area (Å²) in [6, 6.07) is 13.9. The minimum absolute atomic E-state index is 0.00293. The van der Waals surface area contributed by atoms with E-state index in [4.69, 9.17) is 4.74 Å². The number of nitrogens with zero attached hydrogens (tertiary/aromatic N) is 2. The average Bonchev–Trinajstić information content (AvgIpc) is 2.91. The van der Waals surface area contributed by atoms with Gasteiger partial charge in [-0.05, 0) is 74.0 Å². The van der Waals surface area contributed by atoms with E-state index in [-0.39, 0.29) is 5.91 Å². The molecule has 1 saturated heterocycles. The zero-order valence-corrected chi connectivity index (χ0v) is 16.3. The Morgan fingerprint density at radius 2 is 1.88 bits per heavy atom. The molecular weight excluding hydrogens is 344 g/mol. The second kappa shape index (κ2) is 7.79. The number of carbonyl (C=O) groups is 1. The lowest BCUT2D eigenvalue weighted by Gasteiger charge is -2.12. The molecule has 0 unspecified atom stereocenters. The van der Waals surface area contributed by atoms with E-state index in [1.807, 2.05) is 69.3 Å². The van der Waals surface area contributed by atoms with Gasteiger partial charge in [0.15, 0.2) is 5.17 Å². The summed E-state index contributed by atoms with van der Waals surface area (Å²) >= 11 is 1.42. The molecule has 1 fully saturated rings. The first-order valence-corrected chi connectivity index (χ1v) is 9.35. The second-order valence-corrected chi connectivity index (χ2v) is 7.13. The maximum atomic E-state index is 12.7. The van der Waals surface area contributed by atoms with Crippen molar-refractivity contribution < 1.29 is 9.53 Å². The molecule has 1 heterocycles. The number of aryl methyl sites for hydroxylation is 2. The molecule has 2 aromatic rings. The third-order valence-electron chi connectivity index (χ3n) is 4.18. The molecule has 0 bridgehead atoms. The third kappa shape index (κ3) is 3.83. The van der Waals surface area contributed by atoms with Gasteiger partial charge in [-0.25, -0.2) is 4.99 Å². The third-order valence-corrected chi connectivity index (χ3v) is 5.19. The number of methoxy groups -OCH3 is 1. The molecule has 0 spiro atoms. The number of carbonyl (C=O) groups excluding carboxylic acids is 1. The summed E-state index contributed by atoms with van der Waals surface area (Å²) in [5.41, 5.74) is 4.06. The van der Waals surface area contributed by atoms with Crippen LogP contribution in [0, 0.1) is 13.8 Å². The normalized spacial score (nSPS) is 17.4. The Kier molecular flexibility index (Phi) is 5.47. The molecule has 1 aliphatic heterocycles. The van der Waals surface area contributed by atoms with E-state index in [9.17, 15) is 4.79 Å². The van der Waals surface area contributed by atoms with Gasteiger partial charge in [0, 0.05) is 6.54 Å². The summed E-state index contributed by atoms with van der Waals surface area (Å²) < 4.78 is 5.30. The highest BCUT2D eigenvalue weighted by Crippen LogP contribution is 2.34. The van der Waals surface area contributed by atoms with E-state index in [1.165, 1.54) is 17.3 Å². The zero-order valence-electron chi connectivity index (χ0n) is 15.4. The number of aliphatic imine (C=N–C) groups is 1. The van der Waals surface area contributed by atoms with E-state index >= 15 is 0 Å². The number of ether oxygens (including phenoxy) is 1. The molecule has 0 saturated carbocycles. The molecule has 134 valence electrons. The quantitative estimate of drug-likeness (QED) is 0.720. The van der Waals surface area contributed by atoms with Gasteiger partial charge < -0.3 is 4.74 Å². The average molecular weight is 366 g/mol. The highest BCUT2D eigenvalue weighted by atomic mass is 32.2. The summed E-state index contributed by atoms with van der Waals surface area (Å²) in [5, 5.41) is 0.720. The lowest BCUT2D eigenvalue weighted by Crippen LogP contribution is -2.28. The van der Waals surface area contributed by atoms with E-state index in [1.54, 1.807) is 12.0 Å². The van der Waals surface area contributed by atoms with Crippen LogP contribution in [0.5, 0.6) is 5.75 Å². The molecule has 4 nitrogen and oxygen atoms in total. The van der Waals surface area contributed by atoms with E-state index in [0.29, 0.717) is 11.4 Å². The lowest BCUT2D eigenvalue weighted by atomic mass is 10.1. The number of rotatable bonds is 4. The molecule has 3 rings (SSSR count). The first kappa shape index (κ1) is 18.3. The Bertz CT molecular complexity index is 885. The van der Waals surface area contributed by atoms with Gasteiger partial charge in [-0.3, -0.25) is 9.69 Å². The van der Waals surface area contributed by atoms with Crippen LogP contribution >= 0.6 is 11.8 Å². The Morgan fingerprint density at radius 1 is 1.15 bits per heavy atom. The molecule has 0 aromatic heterocycles. The van der Waals surface area contributed by atoms with Crippen LogP contribution in [-0.4, -0.2) is 29.6 Å². The summed E-state index contributed by atoms with van der Waals surface area (Å²) in [4.78, 5) is 19.8. The molecule has 0 N–H and O–H groups in total. The van der Waals surface area contributed by atoms with Crippen molar-refractivity contribution in [1.29, 1.82) is 0 Å². The highest BCUT2D eigenvalue weighted by molar-refractivity contribution is 8.18. The first-order valence-electron chi connectivity index (χ1n) is 8.53. The Hall–Kier alpha value is -2.53. The summed E-state index contributed by atoms with van der Waals surface area (Å²) in [7, 11) is 1.66. The van der Waals surface area contributed by atoms with Crippen LogP contribution in [0.2, 0.25) is 0 Å². The van der Waals surface area contributed by atoms with Crippen molar-refractivity contribution in [2.24, 2.45) is 4.99 Å². The number of benzene rings is 2. The number of likely N-dealkylation sites (N-methyl/N-ethyl adjacent to an activating group) is 1. The molecule has 1 aliphatic rings. The number of hydrogen-bond donors (Lipinski definition) is 0. The van der Waals surface area contributed by atoms with Crippen molar-refractivity contribution in [3.05, 3.63) is 64.1 Å². The van der Waals surface area contributed by atoms with Crippen LogP contribution in [-0.2, 0) is 4.79 Å².